The maximum absolute atomic E-state index is 12.0. The van der Waals surface area contributed by atoms with E-state index in [-0.39, 0.29) is 5.91 Å². The van der Waals surface area contributed by atoms with Crippen LogP contribution in [0.15, 0.2) is 36.5 Å². The first kappa shape index (κ1) is 16.1. The SMILES string of the molecule is COCCNC(=O)c1cc(Nc2ccc3c(c2)OCCO3)ccn1. The first-order valence-electron chi connectivity index (χ1n) is 7.66. The van der Waals surface area contributed by atoms with Crippen LogP contribution in [0.4, 0.5) is 11.4 Å². The van der Waals surface area contributed by atoms with Gasteiger partial charge in [-0.05, 0) is 24.3 Å². The molecule has 0 saturated carbocycles. The number of anilines is 2. The number of ether oxygens (including phenoxy) is 3. The van der Waals surface area contributed by atoms with Crippen molar-refractivity contribution >= 4 is 17.3 Å². The average molecular weight is 329 g/mol. The summed E-state index contributed by atoms with van der Waals surface area (Å²) < 4.78 is 16.0. The third-order valence-corrected chi connectivity index (χ3v) is 3.42. The highest BCUT2D eigenvalue weighted by Crippen LogP contribution is 2.33. The van der Waals surface area contributed by atoms with Crippen molar-refractivity contribution in [2.24, 2.45) is 0 Å². The topological polar surface area (TPSA) is 81.7 Å². The number of carbonyl (C=O) groups is 1. The molecule has 0 unspecified atom stereocenters. The predicted octanol–water partition coefficient (Wildman–Crippen LogP) is 1.97. The molecule has 126 valence electrons. The van der Waals surface area contributed by atoms with Crippen LogP contribution in [0, 0.1) is 0 Å². The molecule has 1 aromatic heterocycles. The van der Waals surface area contributed by atoms with Crippen molar-refractivity contribution in [1.29, 1.82) is 0 Å². The molecule has 0 atom stereocenters. The lowest BCUT2D eigenvalue weighted by molar-refractivity contribution is 0.0932. The second-order valence-corrected chi connectivity index (χ2v) is 5.16. The molecule has 2 heterocycles. The molecule has 0 fully saturated rings. The first-order valence-corrected chi connectivity index (χ1v) is 7.66. The molecule has 24 heavy (non-hydrogen) atoms. The third kappa shape index (κ3) is 3.94. The average Bonchev–Trinajstić information content (AvgIpc) is 2.62. The summed E-state index contributed by atoms with van der Waals surface area (Å²) >= 11 is 0. The van der Waals surface area contributed by atoms with E-state index in [1.807, 2.05) is 18.2 Å². The van der Waals surface area contributed by atoms with Gasteiger partial charge in [0.05, 0.1) is 6.61 Å². The molecule has 1 amide bonds. The van der Waals surface area contributed by atoms with Gasteiger partial charge in [0.25, 0.3) is 5.91 Å². The summed E-state index contributed by atoms with van der Waals surface area (Å²) in [5, 5.41) is 5.98. The fraction of sp³-hybridized carbons (Fsp3) is 0.294. The number of nitrogens with one attached hydrogen (secondary N) is 2. The summed E-state index contributed by atoms with van der Waals surface area (Å²) in [5.74, 6) is 1.20. The van der Waals surface area contributed by atoms with Crippen LogP contribution in [0.3, 0.4) is 0 Å². The predicted molar refractivity (Wildman–Crippen MR) is 89.2 cm³/mol. The van der Waals surface area contributed by atoms with E-state index in [9.17, 15) is 4.79 Å². The van der Waals surface area contributed by atoms with Gasteiger partial charge in [0, 0.05) is 37.3 Å². The van der Waals surface area contributed by atoms with Crippen molar-refractivity contribution in [3.63, 3.8) is 0 Å². The molecular weight excluding hydrogens is 310 g/mol. The number of fused-ring (bicyclic) bond motifs is 1. The minimum absolute atomic E-state index is 0.238. The molecule has 1 aromatic carbocycles. The van der Waals surface area contributed by atoms with E-state index in [0.29, 0.717) is 37.8 Å². The number of hydrogen-bond acceptors (Lipinski definition) is 6. The Hall–Kier alpha value is -2.80. The van der Waals surface area contributed by atoms with Gasteiger partial charge < -0.3 is 24.8 Å². The molecule has 0 saturated heterocycles. The maximum Gasteiger partial charge on any atom is 0.270 e. The van der Waals surface area contributed by atoms with Gasteiger partial charge in [0.1, 0.15) is 18.9 Å². The number of benzene rings is 1. The molecule has 2 aromatic rings. The number of aromatic nitrogens is 1. The minimum atomic E-state index is -0.238. The molecule has 0 radical (unpaired) electrons. The van der Waals surface area contributed by atoms with Crippen molar-refractivity contribution in [3.05, 3.63) is 42.2 Å². The third-order valence-electron chi connectivity index (χ3n) is 3.42. The van der Waals surface area contributed by atoms with Crippen molar-refractivity contribution in [1.82, 2.24) is 10.3 Å². The van der Waals surface area contributed by atoms with Crippen LogP contribution in [0.25, 0.3) is 0 Å². The minimum Gasteiger partial charge on any atom is -0.486 e. The quantitative estimate of drug-likeness (QED) is 0.789. The lowest BCUT2D eigenvalue weighted by Gasteiger charge is -2.19. The maximum atomic E-state index is 12.0. The summed E-state index contributed by atoms with van der Waals surface area (Å²) in [6.07, 6.45) is 1.59. The van der Waals surface area contributed by atoms with Crippen molar-refractivity contribution in [2.75, 3.05) is 38.8 Å². The Kier molecular flexibility index (Phi) is 5.12. The fourth-order valence-corrected chi connectivity index (χ4v) is 2.28. The van der Waals surface area contributed by atoms with Crippen LogP contribution in [0.1, 0.15) is 10.5 Å². The van der Waals surface area contributed by atoms with Crippen molar-refractivity contribution in [2.45, 2.75) is 0 Å². The Bertz CT molecular complexity index is 721. The molecule has 1 aliphatic rings. The van der Waals surface area contributed by atoms with Gasteiger partial charge in [0.2, 0.25) is 0 Å². The molecule has 0 spiro atoms. The zero-order valence-electron chi connectivity index (χ0n) is 13.4. The van der Waals surface area contributed by atoms with Gasteiger partial charge in [-0.1, -0.05) is 0 Å². The smallest absolute Gasteiger partial charge is 0.270 e. The van der Waals surface area contributed by atoms with Crippen molar-refractivity contribution in [3.8, 4) is 11.5 Å². The van der Waals surface area contributed by atoms with E-state index in [1.54, 1.807) is 25.4 Å². The highest BCUT2D eigenvalue weighted by Gasteiger charge is 2.12. The number of hydrogen-bond donors (Lipinski definition) is 2. The number of methoxy groups -OCH3 is 1. The molecule has 2 N–H and O–H groups in total. The van der Waals surface area contributed by atoms with E-state index in [1.165, 1.54) is 0 Å². The molecule has 7 nitrogen and oxygen atoms in total. The molecule has 0 aliphatic carbocycles. The van der Waals surface area contributed by atoms with Crippen LogP contribution in [-0.4, -0.2) is 44.4 Å². The summed E-state index contributed by atoms with van der Waals surface area (Å²) in [5.41, 5.74) is 1.95. The summed E-state index contributed by atoms with van der Waals surface area (Å²) in [6.45, 7) is 2.00. The Balaban J connectivity index is 1.69. The van der Waals surface area contributed by atoms with Crippen LogP contribution in [0.2, 0.25) is 0 Å². The zero-order chi connectivity index (χ0) is 16.8. The highest BCUT2D eigenvalue weighted by molar-refractivity contribution is 5.93. The summed E-state index contributed by atoms with van der Waals surface area (Å²) in [6, 6.07) is 9.11. The lowest BCUT2D eigenvalue weighted by atomic mass is 10.2. The van der Waals surface area contributed by atoms with Gasteiger partial charge in [-0.15, -0.1) is 0 Å². The van der Waals surface area contributed by atoms with E-state index >= 15 is 0 Å². The van der Waals surface area contributed by atoms with Gasteiger partial charge >= 0.3 is 0 Å². The zero-order valence-corrected chi connectivity index (χ0v) is 13.4. The summed E-state index contributed by atoms with van der Waals surface area (Å²) in [4.78, 5) is 16.1. The number of carbonyl (C=O) groups excluding carboxylic acids is 1. The van der Waals surface area contributed by atoms with Gasteiger partial charge in [-0.2, -0.15) is 0 Å². The summed E-state index contributed by atoms with van der Waals surface area (Å²) in [7, 11) is 1.59. The number of pyridine rings is 1. The number of rotatable bonds is 6. The van der Waals surface area contributed by atoms with Gasteiger partial charge in [0.15, 0.2) is 11.5 Å². The second kappa shape index (κ2) is 7.65. The molecule has 1 aliphatic heterocycles. The fourth-order valence-electron chi connectivity index (χ4n) is 2.28. The first-order chi connectivity index (χ1) is 11.8. The normalized spacial score (nSPS) is 12.5. The Morgan fingerprint density at radius 1 is 1.17 bits per heavy atom. The van der Waals surface area contributed by atoms with E-state index in [4.69, 9.17) is 14.2 Å². The van der Waals surface area contributed by atoms with E-state index < -0.39 is 0 Å². The van der Waals surface area contributed by atoms with E-state index in [0.717, 1.165) is 17.1 Å². The Morgan fingerprint density at radius 3 is 2.79 bits per heavy atom. The van der Waals surface area contributed by atoms with Crippen LogP contribution in [-0.2, 0) is 4.74 Å². The molecular formula is C17H19N3O4. The Labute approximate surface area is 139 Å². The highest BCUT2D eigenvalue weighted by atomic mass is 16.6. The standard InChI is InChI=1S/C17H19N3O4/c1-22-7-6-19-17(21)14-10-13(4-5-18-14)20-12-2-3-15-16(11-12)24-9-8-23-15/h2-5,10-11H,6-9H2,1H3,(H,18,20)(H,19,21). The largest absolute Gasteiger partial charge is 0.486 e. The monoisotopic (exact) mass is 329 g/mol. The van der Waals surface area contributed by atoms with Gasteiger partial charge in [-0.3, -0.25) is 9.78 Å². The second-order valence-electron chi connectivity index (χ2n) is 5.16. The van der Waals surface area contributed by atoms with E-state index in [2.05, 4.69) is 15.6 Å². The Morgan fingerprint density at radius 2 is 1.96 bits per heavy atom. The van der Waals surface area contributed by atoms with Crippen LogP contribution >= 0.6 is 0 Å². The number of nitrogens with zero attached hydrogens (tertiary/aromatic N) is 1. The number of amides is 1. The lowest BCUT2D eigenvalue weighted by Crippen LogP contribution is -2.27. The molecule has 0 bridgehead atoms. The van der Waals surface area contributed by atoms with Crippen LogP contribution in [0.5, 0.6) is 11.5 Å². The molecule has 7 heteroatoms. The molecule has 3 rings (SSSR count). The van der Waals surface area contributed by atoms with Crippen LogP contribution < -0.4 is 20.1 Å². The van der Waals surface area contributed by atoms with Crippen molar-refractivity contribution < 1.29 is 19.0 Å². The van der Waals surface area contributed by atoms with Gasteiger partial charge in [-0.25, -0.2) is 0 Å².